The van der Waals surface area contributed by atoms with Gasteiger partial charge < -0.3 is 48.3 Å². The molecule has 15 atom stereocenters. The topological polar surface area (TPSA) is 194 Å². The number of methoxy groups -OCH3 is 3. The number of ketones is 3. The van der Waals surface area contributed by atoms with Gasteiger partial charge in [-0.3, -0.25) is 19.2 Å². The van der Waals surface area contributed by atoms with Crippen LogP contribution < -0.4 is 0 Å². The van der Waals surface area contributed by atoms with E-state index in [9.17, 15) is 34.2 Å². The molecule has 4 aliphatic rings. The summed E-state index contributed by atoms with van der Waals surface area (Å²) < 4.78 is 42.9. The number of fused-ring (bicyclic) bond motifs is 3. The van der Waals surface area contributed by atoms with E-state index in [-0.39, 0.29) is 73.9 Å². The van der Waals surface area contributed by atoms with Gasteiger partial charge in [0.1, 0.15) is 30.1 Å². The molecule has 0 aromatic carbocycles. The number of aliphatic hydroxyl groups is 2. The summed E-state index contributed by atoms with van der Waals surface area (Å²) in [6.45, 7) is 14.2. The van der Waals surface area contributed by atoms with Crippen LogP contribution in [0, 0.1) is 35.5 Å². The number of aliphatic hydroxyl groups excluding tert-OH is 1. The number of amides is 1. The molecule has 2 bridgehead atoms. The fourth-order valence-electron chi connectivity index (χ4n) is 10.8. The molecule has 1 saturated carbocycles. The molecule has 408 valence electrons. The van der Waals surface area contributed by atoms with Crippen LogP contribution in [0.2, 0.25) is 0 Å². The molecule has 0 radical (unpaired) electrons. The van der Waals surface area contributed by atoms with Crippen molar-refractivity contribution in [1.82, 2.24) is 4.90 Å². The Hall–Kier alpha value is -2.68. The number of Topliss-reactive ketones (excluding diaryl/α,β-unsaturated/α-hetero) is 3. The van der Waals surface area contributed by atoms with Gasteiger partial charge >= 0.3 is 5.97 Å². The van der Waals surface area contributed by atoms with Gasteiger partial charge in [-0.25, -0.2) is 4.79 Å². The van der Waals surface area contributed by atoms with Gasteiger partial charge in [-0.05, 0) is 113 Å². The minimum Gasteiger partial charge on any atom is -0.460 e. The van der Waals surface area contributed by atoms with Crippen molar-refractivity contribution in [3.8, 4) is 0 Å². The van der Waals surface area contributed by atoms with E-state index in [1.54, 1.807) is 41.1 Å². The summed E-state index contributed by atoms with van der Waals surface area (Å²) in [5, 5.41) is 23.6. The highest BCUT2D eigenvalue weighted by molar-refractivity contribution is 14.1. The number of rotatable bonds is 13. The van der Waals surface area contributed by atoms with Crippen molar-refractivity contribution in [3.05, 3.63) is 47.6 Å². The smallest absolute Gasteiger partial charge is 0.329 e. The molecule has 3 fully saturated rings. The van der Waals surface area contributed by atoms with Crippen LogP contribution in [-0.2, 0) is 57.1 Å². The zero-order valence-electron chi connectivity index (χ0n) is 44.9. The zero-order valence-corrected chi connectivity index (χ0v) is 47.1. The minimum absolute atomic E-state index is 0.00824. The van der Waals surface area contributed by atoms with E-state index >= 15 is 0 Å². The second kappa shape index (κ2) is 30.8. The second-order valence-corrected chi connectivity index (χ2v) is 22.2. The Kier molecular flexibility index (Phi) is 26.4. The Morgan fingerprint density at radius 2 is 1.60 bits per heavy atom. The fourth-order valence-corrected chi connectivity index (χ4v) is 11.1. The first-order valence-corrected chi connectivity index (χ1v) is 28.1. The third-order valence-corrected chi connectivity index (χ3v) is 16.1. The van der Waals surface area contributed by atoms with Gasteiger partial charge in [0.05, 0.1) is 37.6 Å². The molecule has 3 heterocycles. The molecule has 0 aromatic rings. The van der Waals surface area contributed by atoms with Crippen LogP contribution in [0.4, 0.5) is 0 Å². The van der Waals surface area contributed by atoms with Crippen LogP contribution >= 0.6 is 22.6 Å². The van der Waals surface area contributed by atoms with Gasteiger partial charge in [-0.2, -0.15) is 0 Å². The molecule has 0 unspecified atom stereocenters. The zero-order chi connectivity index (χ0) is 53.1. The SMILES string of the molecule is COCCO[C@@H]1C[C@@H]2CC[C@@H](C)[C@@](O)(O2)C(=O)C(=O)N2CCCC[C@H]2C(=O)O[C@H]([C@H](C)C[C@@H]2CC[C@@H](OCCCI)[C@H](OC)C2)CC(=O)[C@H](C)/C=C(\C)[C@@H](O)[C@@H](OC)C(=O)[C@H](C)C[C@H](C)/C=C/C=CC=C1C. The predicted octanol–water partition coefficient (Wildman–Crippen LogP) is 8.05. The molecule has 16 heteroatoms. The van der Waals surface area contributed by atoms with E-state index in [4.69, 9.17) is 33.2 Å². The van der Waals surface area contributed by atoms with E-state index in [0.717, 1.165) is 35.7 Å². The van der Waals surface area contributed by atoms with Crippen molar-refractivity contribution in [2.24, 2.45) is 35.5 Å². The van der Waals surface area contributed by atoms with Crippen molar-refractivity contribution in [2.45, 2.75) is 186 Å². The summed E-state index contributed by atoms with van der Waals surface area (Å²) in [5.41, 5.74) is 1.26. The summed E-state index contributed by atoms with van der Waals surface area (Å²) >= 11 is 2.34. The molecule has 1 aliphatic carbocycles. The van der Waals surface area contributed by atoms with Crippen molar-refractivity contribution >= 4 is 51.8 Å². The van der Waals surface area contributed by atoms with Gasteiger partial charge in [0.25, 0.3) is 11.7 Å². The Morgan fingerprint density at radius 3 is 2.29 bits per heavy atom. The molecule has 1 amide bonds. The quantitative estimate of drug-likeness (QED) is 0.0449. The van der Waals surface area contributed by atoms with Crippen LogP contribution in [0.5, 0.6) is 0 Å². The normalized spacial score (nSPS) is 36.5. The third kappa shape index (κ3) is 17.7. The maximum Gasteiger partial charge on any atom is 0.329 e. The molecular formula is C56H88INO14. The van der Waals surface area contributed by atoms with Gasteiger partial charge in [0.15, 0.2) is 5.78 Å². The standard InChI is InChI=1S/C56H88INO14/c1-35-17-12-11-13-18-36(2)47(70-28-27-66-8)33-43-22-20-41(7)56(65,72-43)53(62)54(63)58-25-15-14-19-44(58)55(64)71-48(38(4)31-42-21-23-46(49(32-42)67-9)69-26-16-24-57)34-45(59)37(3)30-40(6)51(61)52(68-10)50(60)39(5)29-35/h11-13,17-18,30,35,37-39,41-44,46-49,51-52,61,65H,14-16,19-29,31-34H2,1-10H3/b13-11?,17-12+,36-18?,40-30+/t35-,37-,38-,39-,41-,42+,43+,44+,46-,47-,48+,49-,51-,52+,56-/m1/s1. The number of nitrogens with zero attached hydrogens (tertiary/aromatic N) is 1. The lowest BCUT2D eigenvalue weighted by molar-refractivity contribution is -0.266. The lowest BCUT2D eigenvalue weighted by Gasteiger charge is -2.43. The van der Waals surface area contributed by atoms with Gasteiger partial charge in [-0.15, -0.1) is 0 Å². The number of carbonyl (C=O) groups is 5. The summed E-state index contributed by atoms with van der Waals surface area (Å²) in [6.07, 6.45) is 13.5. The molecule has 0 spiro atoms. The van der Waals surface area contributed by atoms with Crippen molar-refractivity contribution in [1.29, 1.82) is 0 Å². The van der Waals surface area contributed by atoms with Gasteiger partial charge in [-0.1, -0.05) is 93.7 Å². The van der Waals surface area contributed by atoms with Crippen LogP contribution in [0.15, 0.2) is 47.6 Å². The van der Waals surface area contributed by atoms with Crippen LogP contribution in [0.3, 0.4) is 0 Å². The largest absolute Gasteiger partial charge is 0.460 e. The Bertz CT molecular complexity index is 1890. The molecule has 4 rings (SSSR count). The number of hydrogen-bond donors (Lipinski definition) is 2. The number of piperidine rings is 1. The molecule has 2 N–H and O–H groups in total. The summed E-state index contributed by atoms with van der Waals surface area (Å²) in [5.74, 6) is -7.85. The second-order valence-electron chi connectivity index (χ2n) is 21.1. The van der Waals surface area contributed by atoms with E-state index in [2.05, 4.69) is 22.6 Å². The Balaban J connectivity index is 1.71. The highest BCUT2D eigenvalue weighted by atomic mass is 127. The number of halogens is 1. The van der Waals surface area contributed by atoms with Crippen molar-refractivity contribution in [3.63, 3.8) is 0 Å². The molecule has 15 nitrogen and oxygen atoms in total. The molecule has 3 aliphatic heterocycles. The van der Waals surface area contributed by atoms with E-state index in [1.165, 1.54) is 12.0 Å². The maximum absolute atomic E-state index is 14.6. The van der Waals surface area contributed by atoms with Gasteiger partial charge in [0, 0.05) is 69.5 Å². The molecule has 72 heavy (non-hydrogen) atoms. The van der Waals surface area contributed by atoms with Crippen LogP contribution in [-0.4, -0.2) is 151 Å². The molecule has 0 aromatic heterocycles. The number of alkyl halides is 1. The highest BCUT2D eigenvalue weighted by Gasteiger charge is 2.53. The molecular weight excluding hydrogens is 1040 g/mol. The maximum atomic E-state index is 14.6. The van der Waals surface area contributed by atoms with E-state index in [0.29, 0.717) is 57.3 Å². The van der Waals surface area contributed by atoms with Gasteiger partial charge in [0.2, 0.25) is 5.79 Å². The fraction of sp³-hybridized carbons (Fsp3) is 0.768. The number of hydrogen-bond acceptors (Lipinski definition) is 14. The summed E-state index contributed by atoms with van der Waals surface area (Å²) in [4.78, 5) is 72.7. The van der Waals surface area contributed by atoms with Crippen LogP contribution in [0.1, 0.15) is 132 Å². The predicted molar refractivity (Wildman–Crippen MR) is 283 cm³/mol. The number of allylic oxidation sites excluding steroid dienone is 6. The minimum atomic E-state index is -2.45. The lowest BCUT2D eigenvalue weighted by Crippen LogP contribution is -2.61. The summed E-state index contributed by atoms with van der Waals surface area (Å²) in [6, 6.07) is -1.14. The first-order valence-electron chi connectivity index (χ1n) is 26.5. The number of ether oxygens (including phenoxy) is 7. The first kappa shape index (κ1) is 61.9. The third-order valence-electron chi connectivity index (χ3n) is 15.4. The summed E-state index contributed by atoms with van der Waals surface area (Å²) in [7, 11) is 4.67. The van der Waals surface area contributed by atoms with E-state index in [1.807, 2.05) is 58.1 Å². The molecule has 2 saturated heterocycles. The van der Waals surface area contributed by atoms with Crippen molar-refractivity contribution < 1.29 is 67.3 Å². The van der Waals surface area contributed by atoms with E-state index < -0.39 is 77.8 Å². The Morgan fingerprint density at radius 1 is 0.847 bits per heavy atom. The van der Waals surface area contributed by atoms with Crippen molar-refractivity contribution in [2.75, 3.05) is 52.1 Å². The monoisotopic (exact) mass is 1130 g/mol. The Labute approximate surface area is 443 Å². The first-order chi connectivity index (χ1) is 34.3. The average Bonchev–Trinajstić information content (AvgIpc) is 3.36. The van der Waals surface area contributed by atoms with Crippen LogP contribution in [0.25, 0.3) is 0 Å². The average molecular weight is 1130 g/mol. The number of cyclic esters (lactones) is 1. The number of esters is 1. The lowest BCUT2D eigenvalue weighted by atomic mass is 9.78. The highest BCUT2D eigenvalue weighted by Crippen LogP contribution is 2.38. The number of carbonyl (C=O) groups excluding carboxylic acids is 5.